The fourth-order valence-corrected chi connectivity index (χ4v) is 2.33. The third-order valence-corrected chi connectivity index (χ3v) is 3.41. The molecule has 1 rings (SSSR count). The zero-order chi connectivity index (χ0) is 14.5. The van der Waals surface area contributed by atoms with Crippen LogP contribution in [-0.4, -0.2) is 29.7 Å². The summed E-state index contributed by atoms with van der Waals surface area (Å²) in [4.78, 5) is 12.0. The Morgan fingerprint density at radius 1 is 1.37 bits per heavy atom. The van der Waals surface area contributed by atoms with Crippen LogP contribution in [0.1, 0.15) is 38.5 Å². The van der Waals surface area contributed by atoms with Crippen LogP contribution in [-0.2, 0) is 4.79 Å². The number of halogens is 3. The molecule has 0 atom stereocenters. The van der Waals surface area contributed by atoms with Crippen LogP contribution >= 0.6 is 0 Å². The Morgan fingerprint density at radius 2 is 1.95 bits per heavy atom. The van der Waals surface area contributed by atoms with Crippen LogP contribution in [0.15, 0.2) is 5.16 Å². The molecule has 1 aliphatic rings. The van der Waals surface area contributed by atoms with Gasteiger partial charge in [-0.15, -0.1) is 0 Å². The second-order valence-corrected chi connectivity index (χ2v) is 4.75. The lowest BCUT2D eigenvalue weighted by Gasteiger charge is -2.26. The number of alkyl halides is 3. The van der Waals surface area contributed by atoms with Crippen molar-refractivity contribution in [3.8, 4) is 0 Å². The summed E-state index contributed by atoms with van der Waals surface area (Å²) in [6.45, 7) is -0.0706. The number of nitrogens with one attached hydrogen (secondary N) is 1. The van der Waals surface area contributed by atoms with Crippen LogP contribution in [0.4, 0.5) is 13.2 Å². The summed E-state index contributed by atoms with van der Waals surface area (Å²) >= 11 is 0. The van der Waals surface area contributed by atoms with Crippen LogP contribution in [0.3, 0.4) is 0 Å². The first-order chi connectivity index (χ1) is 8.82. The van der Waals surface area contributed by atoms with Crippen LogP contribution < -0.4 is 11.1 Å². The van der Waals surface area contributed by atoms with Crippen LogP contribution in [0.25, 0.3) is 0 Å². The third-order valence-electron chi connectivity index (χ3n) is 3.41. The predicted molar refractivity (Wildman–Crippen MR) is 62.6 cm³/mol. The van der Waals surface area contributed by atoms with Crippen molar-refractivity contribution < 1.29 is 23.2 Å². The van der Waals surface area contributed by atoms with Gasteiger partial charge in [-0.1, -0.05) is 18.0 Å². The molecular weight excluding hydrogens is 263 g/mol. The summed E-state index contributed by atoms with van der Waals surface area (Å²) in [5.41, 5.74) is 4.48. The maximum atomic E-state index is 12.0. The van der Waals surface area contributed by atoms with E-state index >= 15 is 0 Å². The number of nitrogens with zero attached hydrogens (tertiary/aromatic N) is 1. The summed E-state index contributed by atoms with van der Waals surface area (Å²) in [7, 11) is 0. The molecule has 0 spiro atoms. The average molecular weight is 281 g/mol. The number of hydrogen-bond acceptors (Lipinski definition) is 3. The Labute approximate surface area is 109 Å². The molecule has 1 amide bonds. The normalized spacial score (nSPS) is 19.4. The Balaban J connectivity index is 2.51. The third kappa shape index (κ3) is 4.00. The molecule has 110 valence electrons. The highest BCUT2D eigenvalue weighted by molar-refractivity contribution is 6.07. The van der Waals surface area contributed by atoms with Crippen LogP contribution in [0, 0.1) is 5.41 Å². The molecule has 0 aromatic rings. The number of nitrogens with two attached hydrogens (primary N) is 1. The Kier molecular flexibility index (Phi) is 5.02. The second kappa shape index (κ2) is 6.12. The first-order valence-electron chi connectivity index (χ1n) is 6.15. The lowest BCUT2D eigenvalue weighted by molar-refractivity contribution is -0.137. The molecule has 8 heteroatoms. The molecule has 1 saturated carbocycles. The Morgan fingerprint density at radius 3 is 2.42 bits per heavy atom. The quantitative estimate of drug-likeness (QED) is 0.236. The van der Waals surface area contributed by atoms with E-state index in [2.05, 4.69) is 10.5 Å². The first kappa shape index (κ1) is 15.6. The summed E-state index contributed by atoms with van der Waals surface area (Å²) < 4.78 is 35.9. The van der Waals surface area contributed by atoms with E-state index < -0.39 is 23.9 Å². The van der Waals surface area contributed by atoms with Crippen molar-refractivity contribution >= 4 is 11.7 Å². The maximum absolute atomic E-state index is 12.0. The zero-order valence-corrected chi connectivity index (χ0v) is 10.5. The van der Waals surface area contributed by atoms with E-state index in [1.807, 2.05) is 0 Å². The summed E-state index contributed by atoms with van der Waals surface area (Å²) in [6.07, 6.45) is -2.90. The van der Waals surface area contributed by atoms with Crippen LogP contribution in [0.2, 0.25) is 0 Å². The fourth-order valence-electron chi connectivity index (χ4n) is 2.33. The van der Waals surface area contributed by atoms with Gasteiger partial charge in [-0.25, -0.2) is 0 Å². The Bertz CT molecular complexity index is 350. The minimum Gasteiger partial charge on any atom is -0.409 e. The van der Waals surface area contributed by atoms with Crippen molar-refractivity contribution in [1.82, 2.24) is 5.32 Å². The molecule has 0 aromatic carbocycles. The molecule has 0 unspecified atom stereocenters. The summed E-state index contributed by atoms with van der Waals surface area (Å²) in [6, 6.07) is 0. The number of amides is 1. The maximum Gasteiger partial charge on any atom is 0.389 e. The van der Waals surface area contributed by atoms with Gasteiger partial charge >= 0.3 is 6.18 Å². The molecule has 0 bridgehead atoms. The summed E-state index contributed by atoms with van der Waals surface area (Å²) in [5, 5.41) is 14.0. The van der Waals surface area contributed by atoms with Gasteiger partial charge in [0.15, 0.2) is 5.84 Å². The van der Waals surface area contributed by atoms with Crippen LogP contribution in [0.5, 0.6) is 0 Å². The van der Waals surface area contributed by atoms with Crippen molar-refractivity contribution in [2.24, 2.45) is 16.3 Å². The molecule has 0 radical (unpaired) electrons. The average Bonchev–Trinajstić information content (AvgIpc) is 2.82. The monoisotopic (exact) mass is 281 g/mol. The van der Waals surface area contributed by atoms with Gasteiger partial charge in [0, 0.05) is 13.0 Å². The molecule has 0 saturated heterocycles. The molecule has 4 N–H and O–H groups in total. The largest absolute Gasteiger partial charge is 0.409 e. The Hall–Kier alpha value is -1.47. The van der Waals surface area contributed by atoms with E-state index in [4.69, 9.17) is 10.9 Å². The topological polar surface area (TPSA) is 87.7 Å². The van der Waals surface area contributed by atoms with E-state index in [9.17, 15) is 18.0 Å². The lowest BCUT2D eigenvalue weighted by atomic mass is 9.84. The van der Waals surface area contributed by atoms with Crippen molar-refractivity contribution in [2.45, 2.75) is 44.7 Å². The molecule has 0 aliphatic heterocycles. The van der Waals surface area contributed by atoms with Gasteiger partial charge < -0.3 is 16.3 Å². The van der Waals surface area contributed by atoms with Gasteiger partial charge in [0.1, 0.15) is 5.41 Å². The number of oxime groups is 1. The molecule has 19 heavy (non-hydrogen) atoms. The highest BCUT2D eigenvalue weighted by atomic mass is 19.4. The smallest absolute Gasteiger partial charge is 0.389 e. The SMILES string of the molecule is NC(=NO)C1(C(=O)NCCCC(F)(F)F)CCCC1. The number of carbonyl (C=O) groups excluding carboxylic acids is 1. The van der Waals surface area contributed by atoms with E-state index in [1.54, 1.807) is 0 Å². The van der Waals surface area contributed by atoms with E-state index in [0.717, 1.165) is 12.8 Å². The molecule has 5 nitrogen and oxygen atoms in total. The summed E-state index contributed by atoms with van der Waals surface area (Å²) in [5.74, 6) is -0.624. The predicted octanol–water partition coefficient (Wildman–Crippen LogP) is 1.75. The minimum atomic E-state index is -4.22. The lowest BCUT2D eigenvalue weighted by Crippen LogP contribution is -2.48. The van der Waals surface area contributed by atoms with Gasteiger partial charge in [0.25, 0.3) is 0 Å². The van der Waals surface area contributed by atoms with E-state index in [0.29, 0.717) is 12.8 Å². The number of hydrogen-bond donors (Lipinski definition) is 3. The van der Waals surface area contributed by atoms with Crippen molar-refractivity contribution in [1.29, 1.82) is 0 Å². The molecular formula is C11H18F3N3O2. The van der Waals surface area contributed by atoms with E-state index in [-0.39, 0.29) is 18.8 Å². The second-order valence-electron chi connectivity index (χ2n) is 4.75. The standard InChI is InChI=1S/C11H18F3N3O2/c12-11(13,14)6-3-7-16-9(18)10(8(15)17-19)4-1-2-5-10/h19H,1-7H2,(H2,15,17)(H,16,18). The molecule has 1 fully saturated rings. The number of rotatable bonds is 5. The van der Waals surface area contributed by atoms with Gasteiger partial charge in [-0.3, -0.25) is 4.79 Å². The van der Waals surface area contributed by atoms with Gasteiger partial charge in [-0.05, 0) is 19.3 Å². The fraction of sp³-hybridized carbons (Fsp3) is 0.818. The zero-order valence-electron chi connectivity index (χ0n) is 10.5. The number of amidine groups is 1. The van der Waals surface area contributed by atoms with Gasteiger partial charge in [0.2, 0.25) is 5.91 Å². The number of carbonyl (C=O) groups is 1. The van der Waals surface area contributed by atoms with Crippen molar-refractivity contribution in [3.63, 3.8) is 0 Å². The molecule has 0 heterocycles. The van der Waals surface area contributed by atoms with Gasteiger partial charge in [0.05, 0.1) is 0 Å². The molecule has 1 aliphatic carbocycles. The van der Waals surface area contributed by atoms with E-state index in [1.165, 1.54) is 0 Å². The highest BCUT2D eigenvalue weighted by Gasteiger charge is 2.45. The highest BCUT2D eigenvalue weighted by Crippen LogP contribution is 2.38. The van der Waals surface area contributed by atoms with Crippen molar-refractivity contribution in [2.75, 3.05) is 6.54 Å². The first-order valence-corrected chi connectivity index (χ1v) is 6.15. The van der Waals surface area contributed by atoms with Gasteiger partial charge in [-0.2, -0.15) is 13.2 Å². The molecule has 0 aromatic heterocycles. The van der Waals surface area contributed by atoms with Crippen molar-refractivity contribution in [3.05, 3.63) is 0 Å². The minimum absolute atomic E-state index is 0.0706.